The van der Waals surface area contributed by atoms with Gasteiger partial charge < -0.3 is 0 Å². The number of hydrogen-bond acceptors (Lipinski definition) is 3. The summed E-state index contributed by atoms with van der Waals surface area (Å²) >= 11 is 30.4. The number of benzene rings is 2. The zero-order valence-electron chi connectivity index (χ0n) is 11.9. The van der Waals surface area contributed by atoms with Crippen LogP contribution in [0.3, 0.4) is 0 Å². The standard InChI is InChI=1S/C15H4Cl5N3O2/c1-22-15-13(19)7(9(5-21)12(18)14(15)20)4-8-10(16)2-6(23(24)25)3-11(8)17/h2-3H,4H2. The van der Waals surface area contributed by atoms with Crippen molar-refractivity contribution in [1.82, 2.24) is 0 Å². The molecule has 0 aliphatic heterocycles. The van der Waals surface area contributed by atoms with Gasteiger partial charge in [-0.3, -0.25) is 10.1 Å². The van der Waals surface area contributed by atoms with Crippen molar-refractivity contribution in [3.63, 3.8) is 0 Å². The Bertz CT molecular complexity index is 969. The van der Waals surface area contributed by atoms with E-state index in [0.717, 1.165) is 12.1 Å². The van der Waals surface area contributed by atoms with Gasteiger partial charge in [0.2, 0.25) is 5.69 Å². The summed E-state index contributed by atoms with van der Waals surface area (Å²) in [4.78, 5) is 13.4. The largest absolute Gasteiger partial charge is 0.272 e. The Morgan fingerprint density at radius 2 is 1.64 bits per heavy atom. The molecule has 0 heterocycles. The Morgan fingerprint density at radius 3 is 2.08 bits per heavy atom. The quantitative estimate of drug-likeness (QED) is 0.228. The smallest absolute Gasteiger partial charge is 0.258 e. The molecule has 0 saturated heterocycles. The molecule has 0 amide bonds. The van der Waals surface area contributed by atoms with Crippen LogP contribution in [0.15, 0.2) is 12.1 Å². The molecule has 0 N–H and O–H groups in total. The van der Waals surface area contributed by atoms with E-state index in [-0.39, 0.29) is 54.0 Å². The molecule has 0 spiro atoms. The molecule has 0 unspecified atom stereocenters. The summed E-state index contributed by atoms with van der Waals surface area (Å²) in [7, 11) is 0. The monoisotopic (exact) mass is 433 g/mol. The molecule has 0 fully saturated rings. The van der Waals surface area contributed by atoms with Gasteiger partial charge in [-0.1, -0.05) is 58.0 Å². The van der Waals surface area contributed by atoms with Crippen LogP contribution < -0.4 is 0 Å². The number of nitro benzene ring substituents is 1. The Labute approximate surface area is 167 Å². The maximum atomic E-state index is 10.9. The lowest BCUT2D eigenvalue weighted by molar-refractivity contribution is -0.384. The van der Waals surface area contributed by atoms with E-state index in [4.69, 9.17) is 64.6 Å². The number of nitro groups is 1. The van der Waals surface area contributed by atoms with Gasteiger partial charge in [0.05, 0.1) is 42.2 Å². The van der Waals surface area contributed by atoms with E-state index in [9.17, 15) is 15.4 Å². The number of nitrogens with zero attached hydrogens (tertiary/aromatic N) is 3. The van der Waals surface area contributed by atoms with Gasteiger partial charge >= 0.3 is 0 Å². The van der Waals surface area contributed by atoms with E-state index in [1.54, 1.807) is 0 Å². The highest BCUT2D eigenvalue weighted by Crippen LogP contribution is 2.45. The van der Waals surface area contributed by atoms with E-state index in [1.807, 2.05) is 6.07 Å². The number of nitriles is 1. The molecule has 0 aromatic heterocycles. The molecular weight excluding hydrogens is 431 g/mol. The maximum absolute atomic E-state index is 10.9. The number of halogens is 5. The first-order valence-corrected chi connectivity index (χ1v) is 8.21. The van der Waals surface area contributed by atoms with Crippen LogP contribution in [0.2, 0.25) is 25.1 Å². The minimum absolute atomic E-state index is 0.0189. The molecule has 2 aromatic carbocycles. The van der Waals surface area contributed by atoms with Crippen molar-refractivity contribution in [1.29, 1.82) is 5.26 Å². The van der Waals surface area contributed by atoms with E-state index in [0.29, 0.717) is 5.56 Å². The van der Waals surface area contributed by atoms with Crippen molar-refractivity contribution in [3.8, 4) is 6.07 Å². The van der Waals surface area contributed by atoms with Gasteiger partial charge in [-0.05, 0) is 11.1 Å². The molecule has 126 valence electrons. The van der Waals surface area contributed by atoms with Crippen LogP contribution in [0, 0.1) is 28.0 Å². The molecule has 25 heavy (non-hydrogen) atoms. The molecular formula is C15H4Cl5N3O2. The first-order valence-electron chi connectivity index (χ1n) is 6.32. The molecule has 0 atom stereocenters. The minimum Gasteiger partial charge on any atom is -0.258 e. The summed E-state index contributed by atoms with van der Waals surface area (Å²) < 4.78 is 0. The lowest BCUT2D eigenvalue weighted by atomic mass is 9.98. The highest BCUT2D eigenvalue weighted by atomic mass is 35.5. The molecule has 0 bridgehead atoms. The molecule has 10 heteroatoms. The lowest BCUT2D eigenvalue weighted by Crippen LogP contribution is -1.99. The third kappa shape index (κ3) is 3.62. The maximum Gasteiger partial charge on any atom is 0.272 e. The molecule has 0 aliphatic carbocycles. The van der Waals surface area contributed by atoms with E-state index in [1.165, 1.54) is 0 Å². The van der Waals surface area contributed by atoms with E-state index >= 15 is 0 Å². The second-order valence-corrected chi connectivity index (χ2v) is 6.64. The predicted octanol–water partition coefficient (Wildman–Crippen LogP) is 6.88. The van der Waals surface area contributed by atoms with E-state index in [2.05, 4.69) is 4.85 Å². The number of hydrogen-bond donors (Lipinski definition) is 0. The van der Waals surface area contributed by atoms with Gasteiger partial charge in [-0.25, -0.2) is 4.85 Å². The van der Waals surface area contributed by atoms with Gasteiger partial charge in [0, 0.05) is 18.6 Å². The SMILES string of the molecule is [C-]#[N+]c1c(Cl)c(Cl)c(C#N)c(Cc2c(Cl)cc([N+](=O)[O-])cc2Cl)c1Cl. The van der Waals surface area contributed by atoms with Crippen LogP contribution in [0.4, 0.5) is 11.4 Å². The summed E-state index contributed by atoms with van der Waals surface area (Å²) in [6.07, 6.45) is -0.0587. The van der Waals surface area contributed by atoms with E-state index < -0.39 is 4.92 Å². The summed E-state index contributed by atoms with van der Waals surface area (Å²) in [5.74, 6) is 0. The Morgan fingerprint density at radius 1 is 1.08 bits per heavy atom. The normalized spacial score (nSPS) is 10.2. The van der Waals surface area contributed by atoms with Crippen molar-refractivity contribution >= 4 is 69.4 Å². The van der Waals surface area contributed by atoms with Crippen LogP contribution in [-0.4, -0.2) is 4.92 Å². The highest BCUT2D eigenvalue weighted by molar-refractivity contribution is 6.47. The third-order valence-electron chi connectivity index (χ3n) is 3.31. The molecule has 0 aliphatic rings. The fourth-order valence-electron chi connectivity index (χ4n) is 2.12. The number of non-ortho nitro benzene ring substituents is 1. The Kier molecular flexibility index (Phi) is 6.00. The van der Waals surface area contributed by atoms with Crippen LogP contribution in [0.5, 0.6) is 0 Å². The van der Waals surface area contributed by atoms with Gasteiger partial charge in [0.25, 0.3) is 5.69 Å². The summed E-state index contributed by atoms with van der Waals surface area (Å²) in [6.45, 7) is 7.17. The molecule has 0 radical (unpaired) electrons. The van der Waals surface area contributed by atoms with Crippen molar-refractivity contribution < 1.29 is 4.92 Å². The van der Waals surface area contributed by atoms with Crippen LogP contribution in [0.25, 0.3) is 4.85 Å². The summed E-state index contributed by atoms with van der Waals surface area (Å²) in [5, 5.41) is 20.0. The summed E-state index contributed by atoms with van der Waals surface area (Å²) in [6, 6.07) is 4.16. The molecule has 2 rings (SSSR count). The molecule has 2 aromatic rings. The fraction of sp³-hybridized carbons (Fsp3) is 0.0667. The third-order valence-corrected chi connectivity index (χ3v) is 5.23. The van der Waals surface area contributed by atoms with Crippen molar-refractivity contribution in [2.24, 2.45) is 0 Å². The first kappa shape index (κ1) is 19.6. The van der Waals surface area contributed by atoms with Crippen molar-refractivity contribution in [3.05, 3.63) is 75.5 Å². The topological polar surface area (TPSA) is 71.3 Å². The number of rotatable bonds is 3. The van der Waals surface area contributed by atoms with Crippen LogP contribution in [-0.2, 0) is 6.42 Å². The van der Waals surface area contributed by atoms with Crippen LogP contribution in [0.1, 0.15) is 16.7 Å². The summed E-state index contributed by atoms with van der Waals surface area (Å²) in [5.41, 5.74) is 0.122. The fourth-order valence-corrected chi connectivity index (χ4v) is 3.55. The van der Waals surface area contributed by atoms with Gasteiger partial charge in [-0.2, -0.15) is 5.26 Å². The van der Waals surface area contributed by atoms with Crippen molar-refractivity contribution in [2.45, 2.75) is 6.42 Å². The second-order valence-electron chi connectivity index (χ2n) is 4.69. The van der Waals surface area contributed by atoms with Gasteiger partial charge in [-0.15, -0.1) is 0 Å². The first-order chi connectivity index (χ1) is 11.7. The average Bonchev–Trinajstić information content (AvgIpc) is 2.55. The second kappa shape index (κ2) is 7.66. The van der Waals surface area contributed by atoms with Gasteiger partial charge in [0.1, 0.15) is 6.07 Å². The minimum atomic E-state index is -0.633. The lowest BCUT2D eigenvalue weighted by Gasteiger charge is -2.14. The zero-order valence-corrected chi connectivity index (χ0v) is 15.7. The zero-order chi connectivity index (χ0) is 18.9. The predicted molar refractivity (Wildman–Crippen MR) is 98.4 cm³/mol. The highest BCUT2D eigenvalue weighted by Gasteiger charge is 2.24. The van der Waals surface area contributed by atoms with Crippen molar-refractivity contribution in [2.75, 3.05) is 0 Å². The molecule has 5 nitrogen and oxygen atoms in total. The Hall–Kier alpha value is -1.73. The average molecular weight is 435 g/mol. The molecule has 0 saturated carbocycles. The van der Waals surface area contributed by atoms with Crippen LogP contribution >= 0.6 is 58.0 Å². The Balaban J connectivity index is 2.71. The van der Waals surface area contributed by atoms with Gasteiger partial charge in [0.15, 0.2) is 0 Å².